The minimum atomic E-state index is 0.0928. The molecule has 0 spiro atoms. The van der Waals surface area contributed by atoms with E-state index in [-0.39, 0.29) is 24.2 Å². The van der Waals surface area contributed by atoms with Crippen LogP contribution in [0.1, 0.15) is 39.3 Å². The van der Waals surface area contributed by atoms with Crippen molar-refractivity contribution >= 4 is 5.91 Å². The summed E-state index contributed by atoms with van der Waals surface area (Å²) in [5, 5.41) is 3.31. The molecule has 23 heavy (non-hydrogen) atoms. The summed E-state index contributed by atoms with van der Waals surface area (Å²) in [6.45, 7) is 10.4. The van der Waals surface area contributed by atoms with Gasteiger partial charge in [0.25, 0.3) is 0 Å². The highest BCUT2D eigenvalue weighted by atomic mass is 16.5. The van der Waals surface area contributed by atoms with E-state index in [1.165, 1.54) is 0 Å². The lowest BCUT2D eigenvalue weighted by Gasteiger charge is -2.35. The van der Waals surface area contributed by atoms with Crippen molar-refractivity contribution in [1.29, 1.82) is 0 Å². The van der Waals surface area contributed by atoms with Gasteiger partial charge in [-0.15, -0.1) is 0 Å². The smallest absolute Gasteiger partial charge is 0.236 e. The average molecular weight is 320 g/mol. The van der Waals surface area contributed by atoms with Crippen LogP contribution in [0.25, 0.3) is 0 Å². The van der Waals surface area contributed by atoms with Crippen LogP contribution >= 0.6 is 0 Å². The van der Waals surface area contributed by atoms with Gasteiger partial charge in [0.1, 0.15) is 5.75 Å². The molecule has 0 aliphatic carbocycles. The lowest BCUT2D eigenvalue weighted by atomic mass is 10.1. The van der Waals surface area contributed by atoms with Gasteiger partial charge in [-0.25, -0.2) is 0 Å². The molecule has 0 unspecified atom stereocenters. The van der Waals surface area contributed by atoms with E-state index in [1.807, 2.05) is 49.9 Å². The molecule has 1 aliphatic rings. The van der Waals surface area contributed by atoms with E-state index in [2.05, 4.69) is 12.2 Å². The van der Waals surface area contributed by atoms with Gasteiger partial charge in [0, 0.05) is 19.1 Å². The van der Waals surface area contributed by atoms with Crippen LogP contribution < -0.4 is 10.1 Å². The zero-order valence-corrected chi connectivity index (χ0v) is 14.5. The van der Waals surface area contributed by atoms with Crippen LogP contribution in [0.4, 0.5) is 0 Å². The third-order valence-electron chi connectivity index (χ3n) is 4.00. The number of benzene rings is 1. The Morgan fingerprint density at radius 1 is 1.39 bits per heavy atom. The standard InChI is InChI=1S/C18H28N2O3/c1-5-22-17-8-6-7-16(9-17)15(4)19-10-18(21)20-11-13(2)23-14(3)12-20/h6-9,13-15,19H,5,10-12H2,1-4H3/t13-,14-,15-/m0/s1. The number of carbonyl (C=O) groups excluding carboxylic acids is 1. The first-order valence-electron chi connectivity index (χ1n) is 8.39. The summed E-state index contributed by atoms with van der Waals surface area (Å²) >= 11 is 0. The predicted octanol–water partition coefficient (Wildman–Crippen LogP) is 2.37. The highest BCUT2D eigenvalue weighted by Gasteiger charge is 2.25. The van der Waals surface area contributed by atoms with Gasteiger partial charge in [-0.2, -0.15) is 0 Å². The fourth-order valence-electron chi connectivity index (χ4n) is 2.89. The van der Waals surface area contributed by atoms with Crippen LogP contribution in [0.5, 0.6) is 5.75 Å². The summed E-state index contributed by atoms with van der Waals surface area (Å²) < 4.78 is 11.2. The van der Waals surface area contributed by atoms with E-state index in [9.17, 15) is 4.79 Å². The minimum absolute atomic E-state index is 0.0928. The molecule has 128 valence electrons. The average Bonchev–Trinajstić information content (AvgIpc) is 2.52. The molecule has 2 rings (SSSR count). The molecule has 3 atom stereocenters. The second-order valence-electron chi connectivity index (χ2n) is 6.16. The first-order chi connectivity index (χ1) is 11.0. The van der Waals surface area contributed by atoms with Gasteiger partial charge in [0.15, 0.2) is 0 Å². The van der Waals surface area contributed by atoms with Crippen molar-refractivity contribution in [3.8, 4) is 5.75 Å². The molecule has 0 saturated carbocycles. The van der Waals surface area contributed by atoms with Crippen LogP contribution in [0.15, 0.2) is 24.3 Å². The van der Waals surface area contributed by atoms with Crippen molar-refractivity contribution in [2.45, 2.75) is 45.9 Å². The van der Waals surface area contributed by atoms with Crippen molar-refractivity contribution in [1.82, 2.24) is 10.2 Å². The summed E-state index contributed by atoms with van der Waals surface area (Å²) in [5.41, 5.74) is 1.12. The third-order valence-corrected chi connectivity index (χ3v) is 4.00. The number of carbonyl (C=O) groups is 1. The van der Waals surface area contributed by atoms with Gasteiger partial charge in [-0.1, -0.05) is 12.1 Å². The van der Waals surface area contributed by atoms with Crippen molar-refractivity contribution in [2.75, 3.05) is 26.2 Å². The zero-order chi connectivity index (χ0) is 16.8. The first kappa shape index (κ1) is 17.8. The van der Waals surface area contributed by atoms with Crippen LogP contribution in [0.2, 0.25) is 0 Å². The summed E-state index contributed by atoms with van der Waals surface area (Å²) in [6.07, 6.45) is 0.200. The van der Waals surface area contributed by atoms with E-state index < -0.39 is 0 Å². The lowest BCUT2D eigenvalue weighted by molar-refractivity contribution is -0.142. The summed E-state index contributed by atoms with van der Waals surface area (Å²) in [4.78, 5) is 14.3. The highest BCUT2D eigenvalue weighted by molar-refractivity contribution is 5.78. The SMILES string of the molecule is CCOc1cccc([C@H](C)NCC(=O)N2C[C@H](C)O[C@@H](C)C2)c1. The van der Waals surface area contributed by atoms with Crippen LogP contribution in [-0.2, 0) is 9.53 Å². The zero-order valence-electron chi connectivity index (χ0n) is 14.5. The number of amides is 1. The molecular formula is C18H28N2O3. The Kier molecular flexibility index (Phi) is 6.42. The van der Waals surface area contributed by atoms with Crippen molar-refractivity contribution in [2.24, 2.45) is 0 Å². The maximum Gasteiger partial charge on any atom is 0.236 e. The van der Waals surface area contributed by atoms with E-state index in [0.29, 0.717) is 26.2 Å². The minimum Gasteiger partial charge on any atom is -0.494 e. The van der Waals surface area contributed by atoms with Gasteiger partial charge in [0.05, 0.1) is 25.4 Å². The Hall–Kier alpha value is -1.59. The predicted molar refractivity (Wildman–Crippen MR) is 90.6 cm³/mol. The largest absolute Gasteiger partial charge is 0.494 e. The van der Waals surface area contributed by atoms with Gasteiger partial charge in [-0.05, 0) is 45.4 Å². The maximum atomic E-state index is 12.4. The van der Waals surface area contributed by atoms with E-state index in [4.69, 9.17) is 9.47 Å². The quantitative estimate of drug-likeness (QED) is 0.874. The van der Waals surface area contributed by atoms with E-state index in [1.54, 1.807) is 0 Å². The Morgan fingerprint density at radius 3 is 2.74 bits per heavy atom. The summed E-state index contributed by atoms with van der Waals surface area (Å²) in [7, 11) is 0. The van der Waals surface area contributed by atoms with Gasteiger partial charge in [0.2, 0.25) is 5.91 Å². The molecule has 1 aromatic carbocycles. The van der Waals surface area contributed by atoms with Gasteiger partial charge < -0.3 is 19.7 Å². The van der Waals surface area contributed by atoms with Crippen molar-refractivity contribution in [3.05, 3.63) is 29.8 Å². The number of nitrogens with zero attached hydrogens (tertiary/aromatic N) is 1. The normalized spacial score (nSPS) is 22.7. The first-order valence-corrected chi connectivity index (χ1v) is 8.39. The van der Waals surface area contributed by atoms with Crippen molar-refractivity contribution in [3.63, 3.8) is 0 Å². The number of rotatable bonds is 6. The molecule has 1 aromatic rings. The molecule has 5 heteroatoms. The molecule has 0 bridgehead atoms. The second kappa shape index (κ2) is 8.31. The molecule has 1 heterocycles. The van der Waals surface area contributed by atoms with Crippen LogP contribution in [0, 0.1) is 0 Å². The number of hydrogen-bond acceptors (Lipinski definition) is 4. The molecular weight excluding hydrogens is 292 g/mol. The maximum absolute atomic E-state index is 12.4. The molecule has 1 aliphatic heterocycles. The Morgan fingerprint density at radius 2 is 2.09 bits per heavy atom. The van der Waals surface area contributed by atoms with Gasteiger partial charge >= 0.3 is 0 Å². The number of ether oxygens (including phenoxy) is 2. The van der Waals surface area contributed by atoms with Gasteiger partial charge in [-0.3, -0.25) is 4.79 Å². The fraction of sp³-hybridized carbons (Fsp3) is 0.611. The molecule has 1 fully saturated rings. The Bertz CT molecular complexity index is 511. The molecule has 1 amide bonds. The molecule has 1 saturated heterocycles. The van der Waals surface area contributed by atoms with E-state index in [0.717, 1.165) is 11.3 Å². The Balaban J connectivity index is 1.87. The molecule has 5 nitrogen and oxygen atoms in total. The summed E-state index contributed by atoms with van der Waals surface area (Å²) in [5.74, 6) is 0.987. The number of nitrogens with one attached hydrogen (secondary N) is 1. The van der Waals surface area contributed by atoms with Crippen LogP contribution in [-0.4, -0.2) is 49.3 Å². The molecule has 0 aromatic heterocycles. The topological polar surface area (TPSA) is 50.8 Å². The second-order valence-corrected chi connectivity index (χ2v) is 6.16. The number of hydrogen-bond donors (Lipinski definition) is 1. The number of morpholine rings is 1. The monoisotopic (exact) mass is 320 g/mol. The lowest BCUT2D eigenvalue weighted by Crippen LogP contribution is -2.50. The summed E-state index contributed by atoms with van der Waals surface area (Å²) in [6, 6.07) is 8.08. The molecule has 0 radical (unpaired) electrons. The van der Waals surface area contributed by atoms with E-state index >= 15 is 0 Å². The highest BCUT2D eigenvalue weighted by Crippen LogP contribution is 2.19. The molecule has 1 N–H and O–H groups in total. The fourth-order valence-corrected chi connectivity index (χ4v) is 2.89. The third kappa shape index (κ3) is 5.22. The van der Waals surface area contributed by atoms with Crippen molar-refractivity contribution < 1.29 is 14.3 Å². The van der Waals surface area contributed by atoms with Crippen LogP contribution in [0.3, 0.4) is 0 Å². The Labute approximate surface area is 139 Å².